The van der Waals surface area contributed by atoms with Crippen LogP contribution >= 0.6 is 0 Å². The lowest BCUT2D eigenvalue weighted by Gasteiger charge is -2.43. The number of fused-ring (bicyclic) bond motifs is 2. The topological polar surface area (TPSA) is 61.8 Å². The molecule has 0 aromatic heterocycles. The van der Waals surface area contributed by atoms with Crippen LogP contribution in [0.3, 0.4) is 0 Å². The summed E-state index contributed by atoms with van der Waals surface area (Å²) in [6.07, 6.45) is 2.76. The molecule has 2 aliphatic rings. The standard InChI is InChI=1S/C12H18O5/c1-7(13)15-9-3-5-12-10(16-8(2)14)4-6-11(9)17-12/h9-12H,3-6H2,1-2H3/t9-,10-,11-,12-/m1/s1. The summed E-state index contributed by atoms with van der Waals surface area (Å²) in [7, 11) is 0. The highest BCUT2D eigenvalue weighted by Gasteiger charge is 2.42. The Morgan fingerprint density at radius 1 is 0.882 bits per heavy atom. The van der Waals surface area contributed by atoms with Crippen LogP contribution in [-0.2, 0) is 23.8 Å². The predicted octanol–water partition coefficient (Wildman–Crippen LogP) is 1.19. The third-order valence-corrected chi connectivity index (χ3v) is 3.29. The SMILES string of the molecule is CC(=O)O[C@@H]1CC[C@H]2O[C@@H]1CC[C@H]2OC(C)=O. The van der Waals surface area contributed by atoms with Crippen molar-refractivity contribution >= 4 is 11.9 Å². The van der Waals surface area contributed by atoms with Crippen LogP contribution in [-0.4, -0.2) is 36.4 Å². The van der Waals surface area contributed by atoms with E-state index in [1.807, 2.05) is 0 Å². The summed E-state index contributed by atoms with van der Waals surface area (Å²) in [5, 5.41) is 0. The molecule has 0 aliphatic carbocycles. The molecular formula is C12H18O5. The molecule has 5 heteroatoms. The number of hydrogen-bond donors (Lipinski definition) is 0. The fourth-order valence-electron chi connectivity index (χ4n) is 2.63. The van der Waals surface area contributed by atoms with Crippen LogP contribution in [0.1, 0.15) is 39.5 Å². The van der Waals surface area contributed by atoms with Gasteiger partial charge in [-0.05, 0) is 25.7 Å². The Morgan fingerprint density at radius 3 is 1.65 bits per heavy atom. The summed E-state index contributed by atoms with van der Waals surface area (Å²) in [5.74, 6) is -0.529. The van der Waals surface area contributed by atoms with Crippen LogP contribution in [0.5, 0.6) is 0 Å². The lowest BCUT2D eigenvalue weighted by atomic mass is 9.88. The molecule has 0 radical (unpaired) electrons. The largest absolute Gasteiger partial charge is 0.460 e. The highest BCUT2D eigenvalue weighted by atomic mass is 16.6. The van der Waals surface area contributed by atoms with Gasteiger partial charge in [0.2, 0.25) is 0 Å². The third-order valence-electron chi connectivity index (χ3n) is 3.29. The summed E-state index contributed by atoms with van der Waals surface area (Å²) in [6.45, 7) is 2.83. The minimum absolute atomic E-state index is 0.0375. The van der Waals surface area contributed by atoms with E-state index in [2.05, 4.69) is 0 Å². The number of ether oxygens (including phenoxy) is 3. The molecule has 0 aromatic carbocycles. The van der Waals surface area contributed by atoms with E-state index in [1.54, 1.807) is 0 Å². The van der Waals surface area contributed by atoms with Gasteiger partial charge in [-0.25, -0.2) is 0 Å². The maximum absolute atomic E-state index is 10.9. The first-order chi connectivity index (χ1) is 8.06. The van der Waals surface area contributed by atoms with Crippen molar-refractivity contribution < 1.29 is 23.8 Å². The highest BCUT2D eigenvalue weighted by molar-refractivity contribution is 5.66. The molecule has 2 fully saturated rings. The van der Waals surface area contributed by atoms with E-state index in [9.17, 15) is 9.59 Å². The van der Waals surface area contributed by atoms with Crippen LogP contribution in [0.2, 0.25) is 0 Å². The number of carbonyl (C=O) groups excluding carboxylic acids is 2. The van der Waals surface area contributed by atoms with Crippen molar-refractivity contribution in [2.24, 2.45) is 0 Å². The summed E-state index contributed by atoms with van der Waals surface area (Å²) >= 11 is 0. The number of carbonyl (C=O) groups is 2. The van der Waals surface area contributed by atoms with Crippen molar-refractivity contribution in [3.63, 3.8) is 0 Å². The zero-order valence-electron chi connectivity index (χ0n) is 10.2. The Hall–Kier alpha value is -1.10. The van der Waals surface area contributed by atoms with Gasteiger partial charge in [0, 0.05) is 13.8 Å². The second-order valence-electron chi connectivity index (χ2n) is 4.66. The average molecular weight is 242 g/mol. The van der Waals surface area contributed by atoms with Gasteiger partial charge in [-0.15, -0.1) is 0 Å². The van der Waals surface area contributed by atoms with E-state index in [1.165, 1.54) is 13.8 Å². The quantitative estimate of drug-likeness (QED) is 0.681. The van der Waals surface area contributed by atoms with E-state index in [0.29, 0.717) is 0 Å². The van der Waals surface area contributed by atoms with Gasteiger partial charge in [0.15, 0.2) is 0 Å². The smallest absolute Gasteiger partial charge is 0.302 e. The highest BCUT2D eigenvalue weighted by Crippen LogP contribution is 2.34. The Kier molecular flexibility index (Phi) is 3.66. The molecule has 2 rings (SSSR count). The summed E-state index contributed by atoms with van der Waals surface area (Å²) in [5.41, 5.74) is 0. The van der Waals surface area contributed by atoms with E-state index < -0.39 is 0 Å². The predicted molar refractivity (Wildman–Crippen MR) is 58.2 cm³/mol. The molecule has 17 heavy (non-hydrogen) atoms. The van der Waals surface area contributed by atoms with Gasteiger partial charge in [0.1, 0.15) is 12.2 Å². The van der Waals surface area contributed by atoms with Gasteiger partial charge in [-0.3, -0.25) is 9.59 Å². The van der Waals surface area contributed by atoms with Crippen molar-refractivity contribution in [3.05, 3.63) is 0 Å². The van der Waals surface area contributed by atoms with Crippen molar-refractivity contribution in [2.75, 3.05) is 0 Å². The maximum Gasteiger partial charge on any atom is 0.302 e. The Balaban J connectivity index is 1.91. The molecule has 2 heterocycles. The summed E-state index contributed by atoms with van der Waals surface area (Å²) in [4.78, 5) is 21.9. The van der Waals surface area contributed by atoms with Crippen molar-refractivity contribution in [2.45, 2.75) is 63.9 Å². The summed E-state index contributed by atoms with van der Waals surface area (Å²) < 4.78 is 16.2. The van der Waals surface area contributed by atoms with Gasteiger partial charge in [0.05, 0.1) is 12.2 Å². The van der Waals surface area contributed by atoms with E-state index in [-0.39, 0.29) is 36.4 Å². The minimum Gasteiger partial charge on any atom is -0.460 e. The van der Waals surface area contributed by atoms with Gasteiger partial charge in [0.25, 0.3) is 0 Å². The molecule has 5 nitrogen and oxygen atoms in total. The first kappa shape index (κ1) is 12.4. The Labute approximate surface area is 100 Å². The lowest BCUT2D eigenvalue weighted by molar-refractivity contribution is -0.208. The third kappa shape index (κ3) is 2.97. The van der Waals surface area contributed by atoms with Crippen LogP contribution in [0.25, 0.3) is 0 Å². The van der Waals surface area contributed by atoms with Crippen LogP contribution in [0.15, 0.2) is 0 Å². The molecule has 0 unspecified atom stereocenters. The first-order valence-electron chi connectivity index (χ1n) is 6.06. The minimum atomic E-state index is -0.265. The number of rotatable bonds is 2. The molecule has 0 aromatic rings. The summed E-state index contributed by atoms with van der Waals surface area (Å²) in [6, 6.07) is 0. The second kappa shape index (κ2) is 5.04. The lowest BCUT2D eigenvalue weighted by Crippen LogP contribution is -2.50. The van der Waals surface area contributed by atoms with Gasteiger partial charge < -0.3 is 14.2 Å². The van der Waals surface area contributed by atoms with Gasteiger partial charge >= 0.3 is 11.9 Å². The van der Waals surface area contributed by atoms with E-state index in [0.717, 1.165) is 25.7 Å². The van der Waals surface area contributed by atoms with Crippen molar-refractivity contribution in [3.8, 4) is 0 Å². The average Bonchev–Trinajstić information content (AvgIpc) is 2.24. The zero-order valence-corrected chi connectivity index (χ0v) is 10.2. The van der Waals surface area contributed by atoms with Crippen molar-refractivity contribution in [1.82, 2.24) is 0 Å². The molecule has 4 atom stereocenters. The fourth-order valence-corrected chi connectivity index (χ4v) is 2.63. The number of hydrogen-bond acceptors (Lipinski definition) is 5. The molecule has 0 spiro atoms. The second-order valence-corrected chi connectivity index (χ2v) is 4.66. The molecule has 0 amide bonds. The van der Waals surface area contributed by atoms with Crippen LogP contribution in [0, 0.1) is 0 Å². The molecule has 0 N–H and O–H groups in total. The Morgan fingerprint density at radius 2 is 1.29 bits per heavy atom. The molecular weight excluding hydrogens is 224 g/mol. The molecule has 2 saturated heterocycles. The van der Waals surface area contributed by atoms with E-state index in [4.69, 9.17) is 14.2 Å². The van der Waals surface area contributed by atoms with Gasteiger partial charge in [-0.2, -0.15) is 0 Å². The fraction of sp³-hybridized carbons (Fsp3) is 0.833. The zero-order chi connectivity index (χ0) is 12.4. The number of esters is 2. The van der Waals surface area contributed by atoms with Crippen molar-refractivity contribution in [1.29, 1.82) is 0 Å². The normalized spacial score (nSPS) is 36.1. The Bertz CT molecular complexity index is 284. The van der Waals surface area contributed by atoms with Crippen LogP contribution < -0.4 is 0 Å². The maximum atomic E-state index is 10.9. The molecule has 2 aliphatic heterocycles. The molecule has 96 valence electrons. The monoisotopic (exact) mass is 242 g/mol. The molecule has 0 saturated carbocycles. The van der Waals surface area contributed by atoms with Gasteiger partial charge in [-0.1, -0.05) is 0 Å². The van der Waals surface area contributed by atoms with E-state index >= 15 is 0 Å². The molecule has 2 bridgehead atoms. The van der Waals surface area contributed by atoms with Crippen LogP contribution in [0.4, 0.5) is 0 Å². The first-order valence-corrected chi connectivity index (χ1v) is 6.06.